The quantitative estimate of drug-likeness (QED) is 0.559. The lowest BCUT2D eigenvalue weighted by Gasteiger charge is -2.45. The Morgan fingerprint density at radius 1 is 1.00 bits per heavy atom. The fourth-order valence-electron chi connectivity index (χ4n) is 2.97. The van der Waals surface area contributed by atoms with Gasteiger partial charge in [0.1, 0.15) is 0 Å². The third kappa shape index (κ3) is 2.01. The van der Waals surface area contributed by atoms with Gasteiger partial charge in [-0.15, -0.1) is 0 Å². The van der Waals surface area contributed by atoms with Gasteiger partial charge in [-0.25, -0.2) is 0 Å². The van der Waals surface area contributed by atoms with Crippen molar-refractivity contribution in [3.63, 3.8) is 0 Å². The van der Waals surface area contributed by atoms with Gasteiger partial charge in [0, 0.05) is 11.8 Å². The molecule has 2 unspecified atom stereocenters. The van der Waals surface area contributed by atoms with Gasteiger partial charge in [0.15, 0.2) is 0 Å². The van der Waals surface area contributed by atoms with E-state index >= 15 is 0 Å². The van der Waals surface area contributed by atoms with Crippen LogP contribution >= 0.6 is 0 Å². The summed E-state index contributed by atoms with van der Waals surface area (Å²) in [6.45, 7) is 15.0. The molecule has 0 aromatic heterocycles. The molecule has 1 aliphatic rings. The summed E-state index contributed by atoms with van der Waals surface area (Å²) in [5.41, 5.74) is 0. The van der Waals surface area contributed by atoms with Gasteiger partial charge in [0.25, 0.3) is 0 Å². The number of likely N-dealkylation sites (tertiary alicyclic amines) is 1. The lowest BCUT2D eigenvalue weighted by molar-refractivity contribution is -0.935. The SMILES string of the molecule is CC[N+]1(CC)CC(C)CC(C)C1. The van der Waals surface area contributed by atoms with Gasteiger partial charge in [0.2, 0.25) is 0 Å². The van der Waals surface area contributed by atoms with E-state index in [1.807, 2.05) is 0 Å². The molecular formula is C11H24N+. The molecule has 0 radical (unpaired) electrons. The second-order valence-corrected chi connectivity index (χ2v) is 4.79. The molecule has 0 spiro atoms. The van der Waals surface area contributed by atoms with Crippen molar-refractivity contribution in [3.8, 4) is 0 Å². The third-order valence-corrected chi connectivity index (χ3v) is 3.54. The summed E-state index contributed by atoms with van der Waals surface area (Å²) in [4.78, 5) is 0. The smallest absolute Gasteiger partial charge is 0.0812 e. The van der Waals surface area contributed by atoms with Crippen LogP contribution in [0, 0.1) is 11.8 Å². The van der Waals surface area contributed by atoms with Gasteiger partial charge >= 0.3 is 0 Å². The largest absolute Gasteiger partial charge is 0.324 e. The van der Waals surface area contributed by atoms with E-state index < -0.39 is 0 Å². The third-order valence-electron chi connectivity index (χ3n) is 3.54. The van der Waals surface area contributed by atoms with Crippen LogP contribution < -0.4 is 0 Å². The van der Waals surface area contributed by atoms with Crippen LogP contribution in [0.3, 0.4) is 0 Å². The molecule has 0 saturated carbocycles. The Labute approximate surface area is 77.4 Å². The topological polar surface area (TPSA) is 0 Å². The Morgan fingerprint density at radius 3 is 1.75 bits per heavy atom. The lowest BCUT2D eigenvalue weighted by atomic mass is 9.90. The van der Waals surface area contributed by atoms with E-state index in [-0.39, 0.29) is 0 Å². The molecule has 1 rings (SSSR count). The van der Waals surface area contributed by atoms with Gasteiger partial charge in [0.05, 0.1) is 26.2 Å². The summed E-state index contributed by atoms with van der Waals surface area (Å²) in [5, 5.41) is 0. The molecule has 0 aromatic rings. The maximum Gasteiger partial charge on any atom is 0.0812 e. The molecule has 0 aliphatic carbocycles. The number of quaternary nitrogens is 1. The van der Waals surface area contributed by atoms with Crippen molar-refractivity contribution >= 4 is 0 Å². The second kappa shape index (κ2) is 3.78. The maximum atomic E-state index is 2.41. The predicted molar refractivity (Wildman–Crippen MR) is 54.0 cm³/mol. The molecule has 0 aromatic carbocycles. The first kappa shape index (κ1) is 10.0. The zero-order valence-corrected chi connectivity index (χ0v) is 9.14. The highest BCUT2D eigenvalue weighted by Gasteiger charge is 2.33. The summed E-state index contributed by atoms with van der Waals surface area (Å²) in [6, 6.07) is 0. The number of nitrogens with zero attached hydrogens (tertiary/aromatic N) is 1. The first-order chi connectivity index (χ1) is 5.62. The Hall–Kier alpha value is -0.0400. The first-order valence-electron chi connectivity index (χ1n) is 5.47. The van der Waals surface area contributed by atoms with Crippen molar-refractivity contribution in [1.29, 1.82) is 0 Å². The maximum absolute atomic E-state index is 2.41. The van der Waals surface area contributed by atoms with Gasteiger partial charge < -0.3 is 4.48 Å². The Balaban J connectivity index is 2.62. The van der Waals surface area contributed by atoms with Crippen molar-refractivity contribution < 1.29 is 4.48 Å². The van der Waals surface area contributed by atoms with E-state index in [0.29, 0.717) is 0 Å². The van der Waals surface area contributed by atoms with Crippen LogP contribution in [0.2, 0.25) is 0 Å². The molecule has 12 heavy (non-hydrogen) atoms. The van der Waals surface area contributed by atoms with Gasteiger partial charge in [-0.1, -0.05) is 13.8 Å². The lowest BCUT2D eigenvalue weighted by Crippen LogP contribution is -2.55. The Morgan fingerprint density at radius 2 is 1.42 bits per heavy atom. The average molecular weight is 170 g/mol. The molecule has 1 heterocycles. The van der Waals surface area contributed by atoms with Gasteiger partial charge in [-0.3, -0.25) is 0 Å². The van der Waals surface area contributed by atoms with E-state index in [2.05, 4.69) is 27.7 Å². The molecule has 2 atom stereocenters. The van der Waals surface area contributed by atoms with Crippen LogP contribution in [0.25, 0.3) is 0 Å². The van der Waals surface area contributed by atoms with Crippen LogP contribution in [-0.2, 0) is 0 Å². The van der Waals surface area contributed by atoms with E-state index in [0.717, 1.165) is 11.8 Å². The van der Waals surface area contributed by atoms with Crippen molar-refractivity contribution in [3.05, 3.63) is 0 Å². The van der Waals surface area contributed by atoms with Crippen LogP contribution in [0.4, 0.5) is 0 Å². The molecule has 1 heteroatoms. The second-order valence-electron chi connectivity index (χ2n) is 4.79. The van der Waals surface area contributed by atoms with Crippen LogP contribution in [0.1, 0.15) is 34.1 Å². The highest BCUT2D eigenvalue weighted by Crippen LogP contribution is 2.26. The van der Waals surface area contributed by atoms with Crippen molar-refractivity contribution in [2.75, 3.05) is 26.2 Å². The minimum Gasteiger partial charge on any atom is -0.324 e. The Bertz CT molecular complexity index is 126. The highest BCUT2D eigenvalue weighted by molar-refractivity contribution is 4.65. The minimum atomic E-state index is 0.939. The van der Waals surface area contributed by atoms with E-state index in [4.69, 9.17) is 0 Å². The molecule has 1 saturated heterocycles. The number of piperidine rings is 1. The average Bonchev–Trinajstić information content (AvgIpc) is 2.02. The van der Waals surface area contributed by atoms with Crippen LogP contribution in [-0.4, -0.2) is 30.7 Å². The summed E-state index contributed by atoms with van der Waals surface area (Å²) in [6.07, 6.45) is 1.44. The fourth-order valence-corrected chi connectivity index (χ4v) is 2.97. The van der Waals surface area contributed by atoms with Gasteiger partial charge in [-0.2, -0.15) is 0 Å². The standard InChI is InChI=1S/C11H24N/c1-5-12(6-2)8-10(3)7-11(4)9-12/h10-11H,5-9H2,1-4H3/q+1. The van der Waals surface area contributed by atoms with Crippen LogP contribution in [0.15, 0.2) is 0 Å². The summed E-state index contributed by atoms with van der Waals surface area (Å²) < 4.78 is 1.36. The minimum absolute atomic E-state index is 0.939. The fraction of sp³-hybridized carbons (Fsp3) is 1.00. The molecule has 0 N–H and O–H groups in total. The highest BCUT2D eigenvalue weighted by atomic mass is 15.4. The molecule has 72 valence electrons. The zero-order chi connectivity index (χ0) is 9.19. The summed E-state index contributed by atoms with van der Waals surface area (Å²) in [7, 11) is 0. The van der Waals surface area contributed by atoms with Crippen molar-refractivity contribution in [1.82, 2.24) is 0 Å². The Kier molecular flexibility index (Phi) is 3.16. The summed E-state index contributed by atoms with van der Waals surface area (Å²) >= 11 is 0. The van der Waals surface area contributed by atoms with Crippen molar-refractivity contribution in [2.45, 2.75) is 34.1 Å². The number of rotatable bonds is 2. The molecule has 1 nitrogen and oxygen atoms in total. The predicted octanol–water partition coefficient (Wildman–Crippen LogP) is 2.52. The van der Waals surface area contributed by atoms with E-state index in [1.165, 1.54) is 37.1 Å². The summed E-state index contributed by atoms with van der Waals surface area (Å²) in [5.74, 6) is 1.88. The molecule has 0 amide bonds. The van der Waals surface area contributed by atoms with Crippen LogP contribution in [0.5, 0.6) is 0 Å². The molecule has 1 aliphatic heterocycles. The zero-order valence-electron chi connectivity index (χ0n) is 9.14. The molecular weight excluding hydrogens is 146 g/mol. The number of hydrogen-bond acceptors (Lipinski definition) is 0. The van der Waals surface area contributed by atoms with Crippen molar-refractivity contribution in [2.24, 2.45) is 11.8 Å². The molecule has 0 bridgehead atoms. The van der Waals surface area contributed by atoms with Gasteiger partial charge in [-0.05, 0) is 20.3 Å². The normalized spacial score (nSPS) is 35.0. The van der Waals surface area contributed by atoms with E-state index in [9.17, 15) is 0 Å². The first-order valence-corrected chi connectivity index (χ1v) is 5.47. The number of hydrogen-bond donors (Lipinski definition) is 0. The molecule has 1 fully saturated rings. The van der Waals surface area contributed by atoms with E-state index in [1.54, 1.807) is 0 Å². The monoisotopic (exact) mass is 170 g/mol.